The van der Waals surface area contributed by atoms with Crippen molar-refractivity contribution in [3.63, 3.8) is 0 Å². The number of alkyl halides is 3. The Balaban J connectivity index is 1.35. The first-order valence-electron chi connectivity index (χ1n) is 9.55. The first-order chi connectivity index (χ1) is 13.4. The molecule has 4 rings (SSSR count). The largest absolute Gasteiger partial charge is 0.417 e. The fraction of sp³-hybridized carbons (Fsp3) is 0.429. The fourth-order valence-corrected chi connectivity index (χ4v) is 4.04. The first-order valence-corrected chi connectivity index (χ1v) is 9.55. The van der Waals surface area contributed by atoms with E-state index in [1.807, 2.05) is 21.9 Å². The Bertz CT molecular complexity index is 843. The van der Waals surface area contributed by atoms with Gasteiger partial charge in [-0.15, -0.1) is 0 Å². The number of pyridine rings is 1. The normalized spacial score (nSPS) is 18.1. The predicted octanol–water partition coefficient (Wildman–Crippen LogP) is 3.90. The Morgan fingerprint density at radius 1 is 1.00 bits per heavy atom. The summed E-state index contributed by atoms with van der Waals surface area (Å²) in [5.74, 6) is 0.691. The molecular formula is C21H22F3N3O. The highest BCUT2D eigenvalue weighted by Crippen LogP contribution is 2.31. The van der Waals surface area contributed by atoms with Gasteiger partial charge in [-0.2, -0.15) is 13.2 Å². The molecule has 1 saturated heterocycles. The van der Waals surface area contributed by atoms with Crippen LogP contribution in [0.15, 0.2) is 42.6 Å². The number of rotatable bonds is 2. The Hall–Kier alpha value is -2.57. The van der Waals surface area contributed by atoms with Crippen LogP contribution in [0.2, 0.25) is 0 Å². The lowest BCUT2D eigenvalue weighted by Gasteiger charge is -2.36. The smallest absolute Gasteiger partial charge is 0.357 e. The number of amides is 1. The second-order valence-corrected chi connectivity index (χ2v) is 7.44. The summed E-state index contributed by atoms with van der Waals surface area (Å²) in [5.41, 5.74) is 1.79. The van der Waals surface area contributed by atoms with Crippen LogP contribution in [0.5, 0.6) is 0 Å². The summed E-state index contributed by atoms with van der Waals surface area (Å²) in [6.07, 6.45) is -1.23. The van der Waals surface area contributed by atoms with E-state index in [2.05, 4.69) is 17.1 Å². The molecule has 28 heavy (non-hydrogen) atoms. The molecule has 2 aliphatic rings. The predicted molar refractivity (Wildman–Crippen MR) is 99.7 cm³/mol. The van der Waals surface area contributed by atoms with Gasteiger partial charge in [-0.3, -0.25) is 4.79 Å². The van der Waals surface area contributed by atoms with Gasteiger partial charge in [0, 0.05) is 38.3 Å². The minimum atomic E-state index is -4.38. The lowest BCUT2D eigenvalue weighted by atomic mass is 9.93. The Kier molecular flexibility index (Phi) is 5.00. The van der Waals surface area contributed by atoms with E-state index in [0.717, 1.165) is 25.2 Å². The Morgan fingerprint density at radius 2 is 1.71 bits per heavy atom. The molecule has 0 spiro atoms. The summed E-state index contributed by atoms with van der Waals surface area (Å²) in [6, 6.07) is 10.7. The number of hydrogen-bond acceptors (Lipinski definition) is 3. The second-order valence-electron chi connectivity index (χ2n) is 7.44. The summed E-state index contributed by atoms with van der Waals surface area (Å²) in [5, 5.41) is 0. The summed E-state index contributed by atoms with van der Waals surface area (Å²) in [4.78, 5) is 20.8. The highest BCUT2D eigenvalue weighted by Gasteiger charge is 2.32. The second kappa shape index (κ2) is 7.45. The molecular weight excluding hydrogens is 367 g/mol. The summed E-state index contributed by atoms with van der Waals surface area (Å²) >= 11 is 0. The molecule has 0 bridgehead atoms. The zero-order valence-electron chi connectivity index (χ0n) is 15.5. The summed E-state index contributed by atoms with van der Waals surface area (Å²) in [7, 11) is 0. The van der Waals surface area contributed by atoms with Crippen LogP contribution < -0.4 is 4.90 Å². The Labute approximate surface area is 162 Å². The molecule has 3 heterocycles. The molecule has 0 radical (unpaired) electrons. The van der Waals surface area contributed by atoms with Gasteiger partial charge >= 0.3 is 6.18 Å². The molecule has 2 aliphatic heterocycles. The van der Waals surface area contributed by atoms with Crippen LogP contribution in [0.25, 0.3) is 0 Å². The molecule has 4 nitrogen and oxygen atoms in total. The summed E-state index contributed by atoms with van der Waals surface area (Å²) < 4.78 is 38.0. The van der Waals surface area contributed by atoms with E-state index in [0.29, 0.717) is 38.3 Å². The number of halogens is 3. The van der Waals surface area contributed by atoms with Crippen molar-refractivity contribution in [1.82, 2.24) is 9.88 Å². The topological polar surface area (TPSA) is 36.4 Å². The summed E-state index contributed by atoms with van der Waals surface area (Å²) in [6.45, 7) is 2.66. The standard InChI is InChI=1S/C21H22F3N3O/c22-21(23,24)18-5-6-19(25-13-18)26-10-8-16(9-11-26)20(28)27-12-7-15-3-1-2-4-17(15)14-27/h1-6,13,16H,7-12,14H2. The third-order valence-corrected chi connectivity index (χ3v) is 5.69. The SMILES string of the molecule is O=C(C1CCN(c2ccc(C(F)(F)F)cn2)CC1)N1CCc2ccccc2C1. The number of benzene rings is 1. The minimum Gasteiger partial charge on any atom is -0.357 e. The number of nitrogens with zero attached hydrogens (tertiary/aromatic N) is 3. The van der Waals surface area contributed by atoms with Gasteiger partial charge in [-0.25, -0.2) is 4.98 Å². The lowest BCUT2D eigenvalue weighted by Crippen LogP contribution is -2.44. The highest BCUT2D eigenvalue weighted by atomic mass is 19.4. The van der Waals surface area contributed by atoms with E-state index in [9.17, 15) is 18.0 Å². The van der Waals surface area contributed by atoms with Crippen molar-refractivity contribution in [3.8, 4) is 0 Å². The van der Waals surface area contributed by atoms with Gasteiger partial charge in [0.15, 0.2) is 0 Å². The zero-order valence-corrected chi connectivity index (χ0v) is 15.5. The molecule has 0 N–H and O–H groups in total. The van der Waals surface area contributed by atoms with Gasteiger partial charge in [0.25, 0.3) is 0 Å². The molecule has 1 aromatic heterocycles. The molecule has 0 atom stereocenters. The third kappa shape index (κ3) is 3.84. The Morgan fingerprint density at radius 3 is 2.36 bits per heavy atom. The number of aromatic nitrogens is 1. The van der Waals surface area contributed by atoms with Gasteiger partial charge < -0.3 is 9.80 Å². The number of piperidine rings is 1. The number of hydrogen-bond donors (Lipinski definition) is 0. The number of carbonyl (C=O) groups excluding carboxylic acids is 1. The highest BCUT2D eigenvalue weighted by molar-refractivity contribution is 5.79. The maximum atomic E-state index is 12.9. The molecule has 1 amide bonds. The molecule has 148 valence electrons. The molecule has 0 saturated carbocycles. The molecule has 1 fully saturated rings. The fourth-order valence-electron chi connectivity index (χ4n) is 4.04. The van der Waals surface area contributed by atoms with Crippen LogP contribution >= 0.6 is 0 Å². The molecule has 7 heteroatoms. The molecule has 2 aromatic rings. The minimum absolute atomic E-state index is 0.0315. The average molecular weight is 389 g/mol. The van der Waals surface area contributed by atoms with E-state index in [1.54, 1.807) is 0 Å². The lowest BCUT2D eigenvalue weighted by molar-refractivity contribution is -0.138. The maximum Gasteiger partial charge on any atom is 0.417 e. The van der Waals surface area contributed by atoms with E-state index in [1.165, 1.54) is 17.2 Å². The van der Waals surface area contributed by atoms with Gasteiger partial charge in [0.1, 0.15) is 5.82 Å². The van der Waals surface area contributed by atoms with Gasteiger partial charge in [0.2, 0.25) is 5.91 Å². The van der Waals surface area contributed by atoms with Gasteiger partial charge in [-0.1, -0.05) is 24.3 Å². The van der Waals surface area contributed by atoms with Crippen molar-refractivity contribution in [2.45, 2.75) is 32.0 Å². The third-order valence-electron chi connectivity index (χ3n) is 5.69. The van der Waals surface area contributed by atoms with Crippen LogP contribution in [-0.2, 0) is 23.9 Å². The molecule has 0 aliphatic carbocycles. The molecule has 1 aromatic carbocycles. The van der Waals surface area contributed by atoms with Crippen LogP contribution in [0.1, 0.15) is 29.5 Å². The first kappa shape index (κ1) is 18.8. The monoisotopic (exact) mass is 389 g/mol. The van der Waals surface area contributed by atoms with Gasteiger partial charge in [0.05, 0.1) is 5.56 Å². The maximum absolute atomic E-state index is 12.9. The van der Waals surface area contributed by atoms with Crippen LogP contribution in [0.4, 0.5) is 19.0 Å². The van der Waals surface area contributed by atoms with Crippen molar-refractivity contribution >= 4 is 11.7 Å². The van der Waals surface area contributed by atoms with Crippen molar-refractivity contribution in [1.29, 1.82) is 0 Å². The quantitative estimate of drug-likeness (QED) is 0.782. The van der Waals surface area contributed by atoms with Crippen molar-refractivity contribution in [2.75, 3.05) is 24.5 Å². The average Bonchev–Trinajstić information content (AvgIpc) is 2.72. The van der Waals surface area contributed by atoms with E-state index in [4.69, 9.17) is 0 Å². The molecule has 0 unspecified atom stereocenters. The van der Waals surface area contributed by atoms with E-state index >= 15 is 0 Å². The van der Waals surface area contributed by atoms with E-state index in [-0.39, 0.29) is 11.8 Å². The number of fused-ring (bicyclic) bond motifs is 1. The zero-order chi connectivity index (χ0) is 19.7. The number of anilines is 1. The van der Waals surface area contributed by atoms with Gasteiger partial charge in [-0.05, 0) is 42.5 Å². The van der Waals surface area contributed by atoms with Crippen molar-refractivity contribution < 1.29 is 18.0 Å². The van der Waals surface area contributed by atoms with Crippen molar-refractivity contribution in [2.24, 2.45) is 5.92 Å². The van der Waals surface area contributed by atoms with Crippen molar-refractivity contribution in [3.05, 3.63) is 59.3 Å². The van der Waals surface area contributed by atoms with E-state index < -0.39 is 11.7 Å². The van der Waals surface area contributed by atoms with Crippen LogP contribution in [0, 0.1) is 5.92 Å². The van der Waals surface area contributed by atoms with Crippen LogP contribution in [-0.4, -0.2) is 35.4 Å². The number of carbonyl (C=O) groups is 1. The van der Waals surface area contributed by atoms with Crippen LogP contribution in [0.3, 0.4) is 0 Å².